The van der Waals surface area contributed by atoms with Crippen LogP contribution in [0.5, 0.6) is 0 Å². The number of fused-ring (bicyclic) bond motifs is 1. The first-order valence-corrected chi connectivity index (χ1v) is 9.09. The molecular weight excluding hydrogens is 350 g/mol. The Kier molecular flexibility index (Phi) is 4.66. The highest BCUT2D eigenvalue weighted by Crippen LogP contribution is 2.26. The van der Waals surface area contributed by atoms with Gasteiger partial charge in [0.15, 0.2) is 0 Å². The summed E-state index contributed by atoms with van der Waals surface area (Å²) in [6.45, 7) is 6.27. The molecule has 26 heavy (non-hydrogen) atoms. The molecule has 2 aromatic heterocycles. The number of halogens is 1. The van der Waals surface area contributed by atoms with E-state index in [1.165, 1.54) is 0 Å². The van der Waals surface area contributed by atoms with Crippen LogP contribution in [0, 0.1) is 6.92 Å². The Hall–Kier alpha value is -2.37. The highest BCUT2D eigenvalue weighted by atomic mass is 35.5. The molecule has 5 nitrogen and oxygen atoms in total. The van der Waals surface area contributed by atoms with Crippen molar-refractivity contribution in [2.45, 2.75) is 13.5 Å². The van der Waals surface area contributed by atoms with Crippen molar-refractivity contribution in [2.75, 3.05) is 31.1 Å². The first-order chi connectivity index (χ1) is 12.6. The van der Waals surface area contributed by atoms with Gasteiger partial charge in [-0.3, -0.25) is 4.90 Å². The van der Waals surface area contributed by atoms with Crippen molar-refractivity contribution in [3.8, 4) is 0 Å². The first kappa shape index (κ1) is 17.1. The standard InChI is InChI=1S/C20H20ClN3O2/c1-14-10-18-16(12-17(14)21)15(11-20(25)26-18)13-23-6-8-24(9-7-23)19-4-2-3-5-22-19/h2-5,10-12H,6-9,13H2,1H3. The van der Waals surface area contributed by atoms with Crippen LogP contribution < -0.4 is 10.5 Å². The van der Waals surface area contributed by atoms with E-state index in [2.05, 4.69) is 14.8 Å². The molecule has 6 heteroatoms. The Labute approximate surface area is 156 Å². The average Bonchev–Trinajstić information content (AvgIpc) is 2.65. The van der Waals surface area contributed by atoms with E-state index in [1.807, 2.05) is 43.5 Å². The lowest BCUT2D eigenvalue weighted by Crippen LogP contribution is -2.46. The predicted molar refractivity (Wildman–Crippen MR) is 104 cm³/mol. The fraction of sp³-hybridized carbons (Fsp3) is 0.300. The van der Waals surface area contributed by atoms with Crippen molar-refractivity contribution in [2.24, 2.45) is 0 Å². The molecule has 0 spiro atoms. The number of rotatable bonds is 3. The fourth-order valence-corrected chi connectivity index (χ4v) is 3.56. The van der Waals surface area contributed by atoms with Gasteiger partial charge < -0.3 is 9.32 Å². The second-order valence-corrected chi connectivity index (χ2v) is 7.05. The number of aromatic nitrogens is 1. The number of nitrogens with zero attached hydrogens (tertiary/aromatic N) is 3. The van der Waals surface area contributed by atoms with E-state index in [1.54, 1.807) is 6.07 Å². The monoisotopic (exact) mass is 369 g/mol. The Balaban J connectivity index is 1.53. The van der Waals surface area contributed by atoms with Gasteiger partial charge in [0.25, 0.3) is 0 Å². The second-order valence-electron chi connectivity index (χ2n) is 6.64. The quantitative estimate of drug-likeness (QED) is 0.661. The Morgan fingerprint density at radius 1 is 1.15 bits per heavy atom. The largest absolute Gasteiger partial charge is 0.423 e. The van der Waals surface area contributed by atoms with E-state index < -0.39 is 0 Å². The Morgan fingerprint density at radius 3 is 2.69 bits per heavy atom. The minimum absolute atomic E-state index is 0.318. The molecule has 1 saturated heterocycles. The fourth-order valence-electron chi connectivity index (χ4n) is 3.40. The van der Waals surface area contributed by atoms with E-state index in [0.29, 0.717) is 17.2 Å². The minimum Gasteiger partial charge on any atom is -0.423 e. The molecule has 0 radical (unpaired) electrons. The van der Waals surface area contributed by atoms with Crippen LogP contribution in [0.4, 0.5) is 5.82 Å². The van der Waals surface area contributed by atoms with Crippen LogP contribution in [0.3, 0.4) is 0 Å². The molecule has 0 amide bonds. The van der Waals surface area contributed by atoms with Gasteiger partial charge in [-0.15, -0.1) is 0 Å². The van der Waals surface area contributed by atoms with Crippen molar-refractivity contribution in [1.82, 2.24) is 9.88 Å². The molecule has 1 aliphatic rings. The summed E-state index contributed by atoms with van der Waals surface area (Å²) in [7, 11) is 0. The second kappa shape index (κ2) is 7.09. The third kappa shape index (κ3) is 3.45. The lowest BCUT2D eigenvalue weighted by atomic mass is 10.1. The number of aryl methyl sites for hydroxylation is 1. The average molecular weight is 370 g/mol. The molecule has 0 N–H and O–H groups in total. The number of hydrogen-bond donors (Lipinski definition) is 0. The van der Waals surface area contributed by atoms with E-state index in [4.69, 9.17) is 16.0 Å². The van der Waals surface area contributed by atoms with Crippen LogP contribution in [0.25, 0.3) is 11.0 Å². The third-order valence-corrected chi connectivity index (χ3v) is 5.26. The van der Waals surface area contributed by atoms with Gasteiger partial charge in [0.05, 0.1) is 0 Å². The summed E-state index contributed by atoms with van der Waals surface area (Å²) in [6, 6.07) is 11.3. The molecule has 0 saturated carbocycles. The topological polar surface area (TPSA) is 49.6 Å². The van der Waals surface area contributed by atoms with Gasteiger partial charge in [-0.2, -0.15) is 0 Å². The van der Waals surface area contributed by atoms with Gasteiger partial charge in [0.1, 0.15) is 11.4 Å². The van der Waals surface area contributed by atoms with Gasteiger partial charge >= 0.3 is 5.63 Å². The number of benzene rings is 1. The van der Waals surface area contributed by atoms with Crippen LogP contribution in [-0.2, 0) is 6.54 Å². The van der Waals surface area contributed by atoms with Crippen molar-refractivity contribution in [3.63, 3.8) is 0 Å². The highest BCUT2D eigenvalue weighted by molar-refractivity contribution is 6.32. The molecule has 1 aromatic carbocycles. The molecule has 0 unspecified atom stereocenters. The normalized spacial score (nSPS) is 15.5. The maximum atomic E-state index is 11.9. The van der Waals surface area contributed by atoms with Gasteiger partial charge in [0.2, 0.25) is 0 Å². The summed E-state index contributed by atoms with van der Waals surface area (Å²) < 4.78 is 5.35. The first-order valence-electron chi connectivity index (χ1n) is 8.71. The zero-order chi connectivity index (χ0) is 18.1. The van der Waals surface area contributed by atoms with E-state index in [0.717, 1.165) is 48.5 Å². The molecule has 0 atom stereocenters. The van der Waals surface area contributed by atoms with Crippen molar-refractivity contribution in [3.05, 3.63) is 69.2 Å². The van der Waals surface area contributed by atoms with Crippen LogP contribution >= 0.6 is 11.6 Å². The summed E-state index contributed by atoms with van der Waals surface area (Å²) in [6.07, 6.45) is 1.82. The van der Waals surface area contributed by atoms with Crippen LogP contribution in [-0.4, -0.2) is 36.1 Å². The predicted octanol–water partition coefficient (Wildman–Crippen LogP) is 3.47. The Morgan fingerprint density at radius 2 is 1.96 bits per heavy atom. The Bertz CT molecular complexity index is 980. The number of anilines is 1. The zero-order valence-electron chi connectivity index (χ0n) is 14.6. The highest BCUT2D eigenvalue weighted by Gasteiger charge is 2.19. The van der Waals surface area contributed by atoms with Crippen LogP contribution in [0.1, 0.15) is 11.1 Å². The van der Waals surface area contributed by atoms with Gasteiger partial charge in [-0.1, -0.05) is 17.7 Å². The van der Waals surface area contributed by atoms with E-state index in [9.17, 15) is 4.79 Å². The molecule has 0 aliphatic carbocycles. The molecule has 1 fully saturated rings. The summed E-state index contributed by atoms with van der Waals surface area (Å²) in [5, 5.41) is 1.60. The summed E-state index contributed by atoms with van der Waals surface area (Å²) in [5.41, 5.74) is 2.15. The molecular formula is C20H20ClN3O2. The minimum atomic E-state index is -0.318. The van der Waals surface area contributed by atoms with Crippen LogP contribution in [0.15, 0.2) is 51.8 Å². The number of piperazine rings is 1. The molecule has 134 valence electrons. The maximum absolute atomic E-state index is 11.9. The smallest absolute Gasteiger partial charge is 0.336 e. The molecule has 3 aromatic rings. The summed E-state index contributed by atoms with van der Waals surface area (Å²) >= 11 is 6.28. The zero-order valence-corrected chi connectivity index (χ0v) is 15.4. The number of hydrogen-bond acceptors (Lipinski definition) is 5. The SMILES string of the molecule is Cc1cc2oc(=O)cc(CN3CCN(c4ccccn4)CC3)c2cc1Cl. The van der Waals surface area contributed by atoms with Gasteiger partial charge in [-0.05, 0) is 42.3 Å². The van der Waals surface area contributed by atoms with E-state index in [-0.39, 0.29) is 5.63 Å². The van der Waals surface area contributed by atoms with Crippen molar-refractivity contribution >= 4 is 28.4 Å². The summed E-state index contributed by atoms with van der Waals surface area (Å²) in [5.74, 6) is 1.01. The van der Waals surface area contributed by atoms with Gasteiger partial charge in [-0.25, -0.2) is 9.78 Å². The molecule has 0 bridgehead atoms. The van der Waals surface area contributed by atoms with Crippen LogP contribution in [0.2, 0.25) is 5.02 Å². The van der Waals surface area contributed by atoms with Gasteiger partial charge in [0, 0.05) is 55.4 Å². The maximum Gasteiger partial charge on any atom is 0.336 e. The molecule has 1 aliphatic heterocycles. The third-order valence-electron chi connectivity index (χ3n) is 4.85. The molecule has 4 rings (SSSR count). The number of pyridine rings is 1. The lowest BCUT2D eigenvalue weighted by Gasteiger charge is -2.35. The molecule has 3 heterocycles. The van der Waals surface area contributed by atoms with Crippen molar-refractivity contribution < 1.29 is 4.42 Å². The van der Waals surface area contributed by atoms with Crippen molar-refractivity contribution in [1.29, 1.82) is 0 Å². The lowest BCUT2D eigenvalue weighted by molar-refractivity contribution is 0.249. The van der Waals surface area contributed by atoms with E-state index >= 15 is 0 Å². The summed E-state index contributed by atoms with van der Waals surface area (Å²) in [4.78, 5) is 21.0.